The largest absolute Gasteiger partial charge is 0.0965 e. The van der Waals surface area contributed by atoms with Crippen molar-refractivity contribution < 1.29 is 0 Å². The Kier molecular flexibility index (Phi) is 7.36. The number of benzene rings is 3. The van der Waals surface area contributed by atoms with Gasteiger partial charge in [-0.3, -0.25) is 0 Å². The Hall–Kier alpha value is -1.91. The van der Waals surface area contributed by atoms with Crippen LogP contribution in [0, 0.1) is 29.6 Å². The fourth-order valence-electron chi connectivity index (χ4n) is 11.1. The highest BCUT2D eigenvalue weighted by Crippen LogP contribution is 2.71. The van der Waals surface area contributed by atoms with Gasteiger partial charge < -0.3 is 0 Å². The van der Waals surface area contributed by atoms with E-state index in [1.54, 1.807) is 62.5 Å². The van der Waals surface area contributed by atoms with Crippen molar-refractivity contribution in [3.63, 3.8) is 0 Å². The molecule has 5 saturated carbocycles. The molecule has 0 aromatic heterocycles. The highest BCUT2D eigenvalue weighted by atomic mass is 31.1. The molecular formula is C40H49P. The summed E-state index contributed by atoms with van der Waals surface area (Å²) in [4.78, 5) is 0. The molecule has 0 N–H and O–H groups in total. The molecule has 0 saturated heterocycles. The molecule has 0 radical (unpaired) electrons. The number of hydrogen-bond acceptors (Lipinski definition) is 0. The van der Waals surface area contributed by atoms with Crippen LogP contribution in [0.15, 0.2) is 84.9 Å². The van der Waals surface area contributed by atoms with Gasteiger partial charge in [0.25, 0.3) is 0 Å². The van der Waals surface area contributed by atoms with Crippen molar-refractivity contribution >= 4 is 7.92 Å². The Balaban J connectivity index is 1.16. The van der Waals surface area contributed by atoms with Crippen molar-refractivity contribution in [3.8, 4) is 0 Å². The van der Waals surface area contributed by atoms with Crippen molar-refractivity contribution in [2.75, 3.05) is 0 Å². The van der Waals surface area contributed by atoms with Crippen LogP contribution in [0.5, 0.6) is 0 Å². The minimum Gasteiger partial charge on any atom is -0.0965 e. The average molecular weight is 561 g/mol. The topological polar surface area (TPSA) is 0 Å². The molecule has 0 heterocycles. The third-order valence-corrected chi connectivity index (χ3v) is 16.9. The Bertz CT molecular complexity index is 1250. The summed E-state index contributed by atoms with van der Waals surface area (Å²) in [7, 11) is 0.106. The van der Waals surface area contributed by atoms with Crippen molar-refractivity contribution in [1.82, 2.24) is 0 Å². The second kappa shape index (κ2) is 11.3. The third-order valence-electron chi connectivity index (χ3n) is 12.8. The van der Waals surface area contributed by atoms with Crippen molar-refractivity contribution in [2.24, 2.45) is 29.6 Å². The van der Waals surface area contributed by atoms with Crippen LogP contribution in [-0.2, 0) is 0 Å². The highest BCUT2D eigenvalue weighted by Gasteiger charge is 2.53. The zero-order chi connectivity index (χ0) is 27.3. The molecule has 0 aliphatic heterocycles. The Morgan fingerprint density at radius 2 is 1.15 bits per heavy atom. The molecular weight excluding hydrogens is 511 g/mol. The van der Waals surface area contributed by atoms with Crippen LogP contribution in [0.2, 0.25) is 0 Å². The van der Waals surface area contributed by atoms with Gasteiger partial charge in [0.2, 0.25) is 0 Å². The summed E-state index contributed by atoms with van der Waals surface area (Å²) in [5.74, 6) is 6.23. The summed E-state index contributed by atoms with van der Waals surface area (Å²) in [6.07, 6.45) is 16.9. The predicted molar refractivity (Wildman–Crippen MR) is 175 cm³/mol. The molecule has 5 aliphatic rings. The molecule has 0 amide bonds. The number of rotatable bonds is 8. The maximum Gasteiger partial charge on any atom is 0.0342 e. The first-order valence-corrected chi connectivity index (χ1v) is 18.8. The van der Waals surface area contributed by atoms with E-state index < -0.39 is 0 Å². The quantitative estimate of drug-likeness (QED) is 0.190. The molecule has 1 heteroatoms. The molecule has 5 aliphatic carbocycles. The molecule has 214 valence electrons. The van der Waals surface area contributed by atoms with Gasteiger partial charge in [-0.15, -0.1) is 0 Å². The van der Waals surface area contributed by atoms with E-state index in [4.69, 9.17) is 0 Å². The smallest absolute Gasteiger partial charge is 0.0342 e. The van der Waals surface area contributed by atoms with Crippen LogP contribution in [0.1, 0.15) is 112 Å². The van der Waals surface area contributed by atoms with Gasteiger partial charge in [0.1, 0.15) is 0 Å². The molecule has 41 heavy (non-hydrogen) atoms. The zero-order valence-corrected chi connectivity index (χ0v) is 26.0. The fraction of sp³-hybridized carbons (Fsp3) is 0.550. The van der Waals surface area contributed by atoms with E-state index in [9.17, 15) is 0 Å². The van der Waals surface area contributed by atoms with Gasteiger partial charge >= 0.3 is 0 Å². The molecule has 9 atom stereocenters. The van der Waals surface area contributed by atoms with E-state index in [0.29, 0.717) is 5.92 Å². The van der Waals surface area contributed by atoms with Gasteiger partial charge in [-0.05, 0) is 126 Å². The van der Waals surface area contributed by atoms with Crippen LogP contribution in [0.3, 0.4) is 0 Å². The van der Waals surface area contributed by atoms with E-state index >= 15 is 0 Å². The van der Waals surface area contributed by atoms with Crippen LogP contribution in [0.4, 0.5) is 0 Å². The van der Waals surface area contributed by atoms with E-state index in [1.165, 1.54) is 30.4 Å². The lowest BCUT2D eigenvalue weighted by Crippen LogP contribution is -2.33. The summed E-state index contributed by atoms with van der Waals surface area (Å²) < 4.78 is 0. The maximum atomic E-state index is 2.79. The Labute approximate surface area is 250 Å². The van der Waals surface area contributed by atoms with Crippen LogP contribution >= 0.6 is 7.92 Å². The van der Waals surface area contributed by atoms with Gasteiger partial charge in [-0.1, -0.05) is 119 Å². The van der Waals surface area contributed by atoms with Crippen molar-refractivity contribution in [3.05, 3.63) is 107 Å². The fourth-order valence-corrected chi connectivity index (χ4v) is 16.2. The van der Waals surface area contributed by atoms with Gasteiger partial charge in [0.05, 0.1) is 0 Å². The summed E-state index contributed by atoms with van der Waals surface area (Å²) in [5, 5.41) is 0. The SMILES string of the molecule is C[C@H](C1CCCC1c1ccccc1C(c1ccccc1)c1ccccc1)P(C1CC2CCC1C2)C1CC2CCC1C2. The average Bonchev–Trinajstić information content (AvgIpc) is 3.86. The monoisotopic (exact) mass is 560 g/mol. The van der Waals surface area contributed by atoms with Crippen LogP contribution in [0.25, 0.3) is 0 Å². The van der Waals surface area contributed by atoms with Gasteiger partial charge in [0.15, 0.2) is 0 Å². The second-order valence-electron chi connectivity index (χ2n) is 14.8. The van der Waals surface area contributed by atoms with Crippen molar-refractivity contribution in [1.29, 1.82) is 0 Å². The Morgan fingerprint density at radius 3 is 1.68 bits per heavy atom. The summed E-state index contributed by atoms with van der Waals surface area (Å²) >= 11 is 0. The lowest BCUT2D eigenvalue weighted by molar-refractivity contribution is 0.432. The summed E-state index contributed by atoms with van der Waals surface area (Å²) in [6.45, 7) is 2.79. The first-order chi connectivity index (χ1) is 20.2. The maximum absolute atomic E-state index is 2.79. The van der Waals surface area contributed by atoms with Gasteiger partial charge in [0, 0.05) is 5.92 Å². The Morgan fingerprint density at radius 1 is 0.585 bits per heavy atom. The summed E-state index contributed by atoms with van der Waals surface area (Å²) in [6, 6.07) is 32.3. The number of fused-ring (bicyclic) bond motifs is 4. The van der Waals surface area contributed by atoms with Crippen molar-refractivity contribution in [2.45, 2.75) is 106 Å². The summed E-state index contributed by atoms with van der Waals surface area (Å²) in [5.41, 5.74) is 9.22. The minimum absolute atomic E-state index is 0.106. The molecule has 4 bridgehead atoms. The second-order valence-corrected chi connectivity index (χ2v) is 17.8. The lowest BCUT2D eigenvalue weighted by atomic mass is 9.77. The first-order valence-electron chi connectivity index (χ1n) is 17.2. The highest BCUT2D eigenvalue weighted by molar-refractivity contribution is 7.60. The zero-order valence-electron chi connectivity index (χ0n) is 25.1. The lowest BCUT2D eigenvalue weighted by Gasteiger charge is -2.45. The first kappa shape index (κ1) is 26.7. The van der Waals surface area contributed by atoms with Crippen LogP contribution in [-0.4, -0.2) is 17.0 Å². The van der Waals surface area contributed by atoms with E-state index in [-0.39, 0.29) is 7.92 Å². The van der Waals surface area contributed by atoms with Gasteiger partial charge in [-0.2, -0.15) is 0 Å². The molecule has 0 spiro atoms. The van der Waals surface area contributed by atoms with Gasteiger partial charge in [-0.25, -0.2) is 0 Å². The standard InChI is InChI=1S/C40H49P/c1-27(41(38-25-28-19-21-32(38)23-28)39-26-29-20-22-33(39)24-29)34-17-10-18-35(34)36-15-8-9-16-37(36)40(30-11-4-2-5-12-30)31-13-6-3-7-14-31/h2-9,11-16,27-29,32-35,38-40H,10,17-26H2,1H3/t27-,28?,29?,32?,33?,34?,35?,38?,39?,41?/m1/s1. The normalized spacial score (nSPS) is 35.4. The van der Waals surface area contributed by atoms with E-state index in [1.807, 2.05) is 0 Å². The predicted octanol–water partition coefficient (Wildman–Crippen LogP) is 11.0. The third kappa shape index (κ3) is 4.85. The molecule has 3 aromatic rings. The molecule has 3 aromatic carbocycles. The molecule has 0 nitrogen and oxygen atoms in total. The molecule has 5 fully saturated rings. The molecule has 8 unspecified atom stereocenters. The van der Waals surface area contributed by atoms with E-state index in [2.05, 4.69) is 91.9 Å². The minimum atomic E-state index is 0.106. The molecule has 8 rings (SSSR count). The van der Waals surface area contributed by atoms with E-state index in [0.717, 1.165) is 52.5 Å². The van der Waals surface area contributed by atoms with Crippen LogP contribution < -0.4 is 0 Å². The number of hydrogen-bond donors (Lipinski definition) is 0.